The largest absolute Gasteiger partial charge is 0.352 e. The van der Waals surface area contributed by atoms with Gasteiger partial charge in [0.05, 0.1) is 23.9 Å². The van der Waals surface area contributed by atoms with Crippen LogP contribution in [0.4, 0.5) is 22.2 Å². The number of aromatic nitrogens is 4. The van der Waals surface area contributed by atoms with Crippen LogP contribution >= 0.6 is 10.6 Å². The number of benzene rings is 2. The molecule has 2 amide bonds. The first kappa shape index (κ1) is 31.3. The van der Waals surface area contributed by atoms with Crippen LogP contribution in [0.15, 0.2) is 73.2 Å². The number of nitrogens with one attached hydrogen (secondary N) is 2. The van der Waals surface area contributed by atoms with E-state index < -0.39 is 10.6 Å². The van der Waals surface area contributed by atoms with Gasteiger partial charge in [0.1, 0.15) is 11.6 Å². The first-order valence-corrected chi connectivity index (χ1v) is 17.4. The van der Waals surface area contributed by atoms with Crippen molar-refractivity contribution in [2.24, 2.45) is 7.05 Å². The highest BCUT2D eigenvalue weighted by Gasteiger charge is 2.31. The maximum atomic E-state index is 13.7. The maximum absolute atomic E-state index is 13.7. The van der Waals surface area contributed by atoms with E-state index in [4.69, 9.17) is 0 Å². The van der Waals surface area contributed by atoms with Crippen LogP contribution in [0.5, 0.6) is 0 Å². The summed E-state index contributed by atoms with van der Waals surface area (Å²) >= 11 is 0. The molecule has 2 aromatic heterocycles. The minimum absolute atomic E-state index is 0.00332. The molecule has 2 fully saturated rings. The Labute approximate surface area is 270 Å². The predicted octanol–water partition coefficient (Wildman–Crippen LogP) is 5.46. The summed E-state index contributed by atoms with van der Waals surface area (Å²) in [7, 11) is -0.676. The highest BCUT2D eigenvalue weighted by Crippen LogP contribution is 2.41. The van der Waals surface area contributed by atoms with Crippen molar-refractivity contribution in [1.29, 1.82) is 5.26 Å². The number of carbonyl (C=O) groups is 1. The van der Waals surface area contributed by atoms with Crippen LogP contribution in [0.2, 0.25) is 0 Å². The molecular formula is C33H39N9O3S. The van der Waals surface area contributed by atoms with Crippen LogP contribution in [0.1, 0.15) is 36.8 Å². The molecule has 0 unspecified atom stereocenters. The summed E-state index contributed by atoms with van der Waals surface area (Å²) in [5.74, 6) is 1.48. The minimum Gasteiger partial charge on any atom is -0.352 e. The summed E-state index contributed by atoms with van der Waals surface area (Å²) in [5, 5.41) is 20.5. The summed E-state index contributed by atoms with van der Waals surface area (Å²) in [4.78, 5) is 26.6. The maximum Gasteiger partial charge on any atom is 0.322 e. The Morgan fingerprint density at radius 3 is 2.39 bits per heavy atom. The Hall–Kier alpha value is -4.64. The number of carbonyl (C=O) groups excluding carboxylic acids is 1. The fourth-order valence-corrected chi connectivity index (χ4v) is 7.33. The number of aryl methyl sites for hydroxylation is 1. The second-order valence-corrected chi connectivity index (χ2v) is 14.3. The fourth-order valence-electron chi connectivity index (χ4n) is 6.10. The molecule has 3 heterocycles. The van der Waals surface area contributed by atoms with E-state index in [2.05, 4.69) is 31.8 Å². The molecule has 0 atom stereocenters. The van der Waals surface area contributed by atoms with Crippen LogP contribution in [0.3, 0.4) is 0 Å². The molecule has 2 aliphatic rings. The molecular weight excluding hydrogens is 602 g/mol. The first-order chi connectivity index (χ1) is 22.3. The normalized spacial score (nSPS) is 19.9. The van der Waals surface area contributed by atoms with Gasteiger partial charge in [0.25, 0.3) is 0 Å². The molecule has 0 bridgehead atoms. The Balaban J connectivity index is 1.14. The van der Waals surface area contributed by atoms with Crippen molar-refractivity contribution in [2.45, 2.75) is 44.3 Å². The van der Waals surface area contributed by atoms with Crippen LogP contribution in [0.25, 0.3) is 11.1 Å². The zero-order valence-corrected chi connectivity index (χ0v) is 26.6. The molecule has 1 aliphatic carbocycles. The number of urea groups is 1. The second kappa shape index (κ2) is 13.8. The van der Waals surface area contributed by atoms with Gasteiger partial charge in [0.15, 0.2) is 5.82 Å². The average Bonchev–Trinajstić information content (AvgIpc) is 3.51. The van der Waals surface area contributed by atoms with Crippen molar-refractivity contribution in [2.75, 3.05) is 39.7 Å². The first-order valence-electron chi connectivity index (χ1n) is 15.5. The van der Waals surface area contributed by atoms with E-state index in [1.54, 1.807) is 4.68 Å². The van der Waals surface area contributed by atoms with Crippen LogP contribution in [-0.2, 0) is 13.6 Å². The van der Waals surface area contributed by atoms with Crippen LogP contribution < -0.4 is 20.4 Å². The van der Waals surface area contributed by atoms with Gasteiger partial charge in [-0.2, -0.15) is 25.9 Å². The fraction of sp³-hybridized carbons (Fsp3) is 0.364. The van der Waals surface area contributed by atoms with Gasteiger partial charge in [-0.05, 0) is 48.9 Å². The quantitative estimate of drug-likeness (QED) is 0.196. The lowest BCUT2D eigenvalue weighted by atomic mass is 9.90. The monoisotopic (exact) mass is 641 g/mol. The molecule has 0 spiro atoms. The molecule has 1 aliphatic heterocycles. The van der Waals surface area contributed by atoms with Crippen LogP contribution in [-0.4, -0.2) is 71.6 Å². The van der Waals surface area contributed by atoms with Crippen molar-refractivity contribution in [3.05, 3.63) is 84.3 Å². The highest BCUT2D eigenvalue weighted by molar-refractivity contribution is 8.24. The van der Waals surface area contributed by atoms with Crippen molar-refractivity contribution < 1.29 is 13.9 Å². The number of hydrogen-bond acceptors (Lipinski definition) is 9. The van der Waals surface area contributed by atoms with E-state index in [1.807, 2.05) is 83.8 Å². The Bertz CT molecular complexity index is 1670. The van der Waals surface area contributed by atoms with Crippen LogP contribution in [0, 0.1) is 11.3 Å². The minimum atomic E-state index is -2.57. The van der Waals surface area contributed by atoms with Gasteiger partial charge in [-0.3, -0.25) is 18.7 Å². The molecule has 240 valence electrons. The third-order valence-electron chi connectivity index (χ3n) is 8.65. The second-order valence-electron chi connectivity index (χ2n) is 11.9. The topological polar surface area (TPSA) is 155 Å². The Morgan fingerprint density at radius 1 is 1.02 bits per heavy atom. The van der Waals surface area contributed by atoms with Gasteiger partial charge in [-0.15, -0.1) is 0 Å². The smallest absolute Gasteiger partial charge is 0.322 e. The van der Waals surface area contributed by atoms with Gasteiger partial charge in [-0.25, -0.2) is 9.78 Å². The highest BCUT2D eigenvalue weighted by atomic mass is 32.3. The molecule has 12 nitrogen and oxygen atoms in total. The van der Waals surface area contributed by atoms with Crippen molar-refractivity contribution in [1.82, 2.24) is 25.1 Å². The van der Waals surface area contributed by atoms with E-state index in [1.165, 1.54) is 6.20 Å². The van der Waals surface area contributed by atoms with E-state index in [9.17, 15) is 19.2 Å². The SMILES string of the molecule is Cn1cc(-c2ccc(N(C(=O)NCc3ccccc3)C3CCC(Nc4ncc(C#N)c(N5CCS(O)(O)CC5)n4)CC3)cc2)cn1. The summed E-state index contributed by atoms with van der Waals surface area (Å²) in [6.45, 7) is 1.28. The molecule has 4 aromatic rings. The molecule has 6 rings (SSSR count). The van der Waals surface area contributed by atoms with Gasteiger partial charge >= 0.3 is 6.03 Å². The number of anilines is 3. The van der Waals surface area contributed by atoms with Gasteiger partial charge < -0.3 is 15.5 Å². The van der Waals surface area contributed by atoms with E-state index in [0.29, 0.717) is 37.0 Å². The summed E-state index contributed by atoms with van der Waals surface area (Å²) in [6, 6.07) is 20.1. The predicted molar refractivity (Wildman–Crippen MR) is 181 cm³/mol. The number of nitriles is 1. The van der Waals surface area contributed by atoms with E-state index in [-0.39, 0.29) is 29.6 Å². The summed E-state index contributed by atoms with van der Waals surface area (Å²) in [6.07, 6.45) is 8.51. The molecule has 2 aromatic carbocycles. The lowest BCUT2D eigenvalue weighted by Crippen LogP contribution is -2.48. The van der Waals surface area contributed by atoms with Crippen molar-refractivity contribution >= 4 is 34.1 Å². The zero-order chi connectivity index (χ0) is 32.1. The molecule has 1 saturated heterocycles. The Morgan fingerprint density at radius 2 is 1.74 bits per heavy atom. The van der Waals surface area contributed by atoms with E-state index in [0.717, 1.165) is 48.1 Å². The summed E-state index contributed by atoms with van der Waals surface area (Å²) in [5.41, 5.74) is 4.29. The van der Waals surface area contributed by atoms with Crippen molar-refractivity contribution in [3.63, 3.8) is 0 Å². The van der Waals surface area contributed by atoms with Crippen molar-refractivity contribution in [3.8, 4) is 17.2 Å². The third-order valence-corrected chi connectivity index (χ3v) is 10.3. The average molecular weight is 642 g/mol. The molecule has 46 heavy (non-hydrogen) atoms. The molecule has 1 saturated carbocycles. The Kier molecular flexibility index (Phi) is 9.39. The lowest BCUT2D eigenvalue weighted by Gasteiger charge is -2.41. The van der Waals surface area contributed by atoms with E-state index >= 15 is 0 Å². The number of hydrogen-bond donors (Lipinski definition) is 4. The number of nitrogens with zero attached hydrogens (tertiary/aromatic N) is 7. The summed E-state index contributed by atoms with van der Waals surface area (Å²) < 4.78 is 21.8. The third kappa shape index (κ3) is 7.42. The molecule has 4 N–H and O–H groups in total. The van der Waals surface area contributed by atoms with Gasteiger partial charge in [-0.1, -0.05) is 42.5 Å². The number of rotatable bonds is 8. The molecule has 13 heteroatoms. The standard InChI is InChI=1S/C33H39N9O3S/c1-40-23-27(22-37-40)25-7-11-29(12-8-25)42(33(43)36-20-24-5-3-2-4-6-24)30-13-9-28(10-14-30)38-32-35-21-26(19-34)31(39-32)41-15-17-46(44,45)18-16-41/h2-8,11-12,21-23,28,30,44-45H,9-10,13-18,20H2,1H3,(H,36,43)(H,35,38,39). The lowest BCUT2D eigenvalue weighted by molar-refractivity contribution is 0.240. The molecule has 0 radical (unpaired) electrons. The zero-order valence-electron chi connectivity index (χ0n) is 25.8. The van der Waals surface area contributed by atoms with Gasteiger partial charge in [0, 0.05) is 56.2 Å². The van der Waals surface area contributed by atoms with Gasteiger partial charge in [0.2, 0.25) is 5.95 Å². The number of amides is 2.